The normalized spacial score (nSPS) is 22.8. The fraction of sp³-hybridized carbons (Fsp3) is 0.417. The Balaban J connectivity index is 1.68. The van der Waals surface area contributed by atoms with E-state index in [1.54, 1.807) is 0 Å². The Bertz CT molecular complexity index is 1130. The van der Waals surface area contributed by atoms with Gasteiger partial charge in [-0.2, -0.15) is 4.99 Å². The number of anilines is 2. The number of aryl methyl sites for hydroxylation is 1. The summed E-state index contributed by atoms with van der Waals surface area (Å²) >= 11 is 1.42. The molecule has 0 radical (unpaired) electrons. The Morgan fingerprint density at radius 1 is 1.12 bits per heavy atom. The van der Waals surface area contributed by atoms with E-state index in [1.165, 1.54) is 11.8 Å². The summed E-state index contributed by atoms with van der Waals surface area (Å²) in [5, 5.41) is 0.500. The molecule has 2 saturated heterocycles. The number of hydrogen-bond acceptors (Lipinski definition) is 5. The number of rotatable bonds is 6. The minimum atomic E-state index is -3.10. The summed E-state index contributed by atoms with van der Waals surface area (Å²) in [6, 6.07) is 15.6. The highest BCUT2D eigenvalue weighted by Crippen LogP contribution is 2.42. The molecule has 6 nitrogen and oxygen atoms in total. The summed E-state index contributed by atoms with van der Waals surface area (Å²) in [5.41, 5.74) is 4.02. The number of carbonyl (C=O) groups is 1. The van der Waals surface area contributed by atoms with Crippen molar-refractivity contribution in [1.82, 2.24) is 0 Å². The molecule has 0 N–H and O–H groups in total. The molecule has 2 aliphatic rings. The van der Waals surface area contributed by atoms with Crippen LogP contribution in [0.4, 0.5) is 11.4 Å². The third kappa shape index (κ3) is 4.71. The van der Waals surface area contributed by atoms with E-state index in [0.717, 1.165) is 35.6 Å². The van der Waals surface area contributed by atoms with Gasteiger partial charge in [0.05, 0.1) is 24.0 Å². The summed E-state index contributed by atoms with van der Waals surface area (Å²) < 4.78 is 24.7. The molecule has 2 aromatic rings. The largest absolute Gasteiger partial charge is 0.372 e. The second-order valence-electron chi connectivity index (χ2n) is 8.26. The van der Waals surface area contributed by atoms with Crippen LogP contribution in [0.25, 0.3) is 0 Å². The molecule has 2 aliphatic heterocycles. The van der Waals surface area contributed by atoms with E-state index in [0.29, 0.717) is 5.17 Å². The number of hydrogen-bond donors (Lipinski definition) is 0. The number of benzene rings is 2. The van der Waals surface area contributed by atoms with E-state index in [9.17, 15) is 13.2 Å². The van der Waals surface area contributed by atoms with Gasteiger partial charge in [0.1, 0.15) is 0 Å². The van der Waals surface area contributed by atoms with Gasteiger partial charge in [-0.1, -0.05) is 42.1 Å². The van der Waals surface area contributed by atoms with Gasteiger partial charge in [-0.15, -0.1) is 0 Å². The van der Waals surface area contributed by atoms with Crippen LogP contribution in [0.15, 0.2) is 53.5 Å². The highest BCUT2D eigenvalue weighted by atomic mass is 32.2. The van der Waals surface area contributed by atoms with Gasteiger partial charge in [-0.25, -0.2) is 8.42 Å². The van der Waals surface area contributed by atoms with Crippen molar-refractivity contribution in [2.75, 3.05) is 34.4 Å². The van der Waals surface area contributed by atoms with Crippen molar-refractivity contribution >= 4 is 44.0 Å². The number of thioether (sulfide) groups is 1. The van der Waals surface area contributed by atoms with Crippen LogP contribution in [0.1, 0.15) is 25.0 Å². The van der Waals surface area contributed by atoms with Gasteiger partial charge < -0.3 is 9.80 Å². The number of amidine groups is 1. The minimum Gasteiger partial charge on any atom is -0.372 e. The van der Waals surface area contributed by atoms with Gasteiger partial charge in [0.2, 0.25) is 0 Å². The number of aliphatic imine (C=N–C) groups is 1. The van der Waals surface area contributed by atoms with Crippen molar-refractivity contribution < 1.29 is 13.2 Å². The molecular weight excluding hydrogens is 442 g/mol. The minimum absolute atomic E-state index is 0.0911. The maximum atomic E-state index is 12.7. The van der Waals surface area contributed by atoms with Gasteiger partial charge in [-0.05, 0) is 50.1 Å². The molecule has 0 unspecified atom stereocenters. The highest BCUT2D eigenvalue weighted by Gasteiger charge is 2.49. The molecule has 2 heterocycles. The standard InChI is InChI=1S/C24H29N3O3S2/c1-4-26(5-2)19-11-12-20(17(3)13-19)27-21-15-32(29,30)16-22(21)31-24(27)25-23(28)14-18-9-7-6-8-10-18/h6-13,21-22H,4-5,14-16H2,1-3H3/t21-,22+/m0/s1. The van der Waals surface area contributed by atoms with Crippen LogP contribution in [0.2, 0.25) is 0 Å². The lowest BCUT2D eigenvalue weighted by atomic mass is 10.1. The van der Waals surface area contributed by atoms with Gasteiger partial charge in [0, 0.05) is 29.7 Å². The van der Waals surface area contributed by atoms with Crippen molar-refractivity contribution in [2.24, 2.45) is 4.99 Å². The summed E-state index contributed by atoms with van der Waals surface area (Å²) in [6.07, 6.45) is 0.228. The molecule has 2 aromatic carbocycles. The smallest absolute Gasteiger partial charge is 0.252 e. The van der Waals surface area contributed by atoms with Crippen LogP contribution < -0.4 is 9.80 Å². The van der Waals surface area contributed by atoms with Crippen molar-refractivity contribution in [3.8, 4) is 0 Å². The van der Waals surface area contributed by atoms with Crippen molar-refractivity contribution in [1.29, 1.82) is 0 Å². The molecule has 4 rings (SSSR count). The first-order chi connectivity index (χ1) is 15.3. The molecule has 32 heavy (non-hydrogen) atoms. The summed E-state index contributed by atoms with van der Waals surface area (Å²) in [7, 11) is -3.10. The third-order valence-electron chi connectivity index (χ3n) is 6.05. The molecular formula is C24H29N3O3S2. The summed E-state index contributed by atoms with van der Waals surface area (Å²) in [4.78, 5) is 21.5. The van der Waals surface area contributed by atoms with E-state index in [2.05, 4.69) is 35.9 Å². The second kappa shape index (κ2) is 9.27. The monoisotopic (exact) mass is 471 g/mol. The van der Waals surface area contributed by atoms with Crippen LogP contribution in [-0.4, -0.2) is 55.4 Å². The maximum absolute atomic E-state index is 12.7. The van der Waals surface area contributed by atoms with E-state index in [1.807, 2.05) is 48.2 Å². The Hall–Kier alpha value is -2.32. The molecule has 0 bridgehead atoms. The maximum Gasteiger partial charge on any atom is 0.252 e. The molecule has 0 saturated carbocycles. The number of fused-ring (bicyclic) bond motifs is 1. The van der Waals surface area contributed by atoms with Crippen molar-refractivity contribution in [3.05, 3.63) is 59.7 Å². The predicted octanol–water partition coefficient (Wildman–Crippen LogP) is 3.69. The van der Waals surface area contributed by atoms with Crippen LogP contribution in [0.5, 0.6) is 0 Å². The first kappa shape index (κ1) is 22.9. The van der Waals surface area contributed by atoms with E-state index in [-0.39, 0.29) is 35.1 Å². The van der Waals surface area contributed by atoms with E-state index < -0.39 is 9.84 Å². The first-order valence-corrected chi connectivity index (χ1v) is 13.7. The number of carbonyl (C=O) groups excluding carboxylic acids is 1. The Morgan fingerprint density at radius 3 is 2.50 bits per heavy atom. The lowest BCUT2D eigenvalue weighted by Crippen LogP contribution is -2.38. The summed E-state index contributed by atoms with van der Waals surface area (Å²) in [5.74, 6) is -0.00120. The fourth-order valence-corrected chi connectivity index (χ4v) is 8.38. The van der Waals surface area contributed by atoms with Gasteiger partial charge in [0.25, 0.3) is 5.91 Å². The quantitative estimate of drug-likeness (QED) is 0.640. The second-order valence-corrected chi connectivity index (χ2v) is 11.6. The first-order valence-electron chi connectivity index (χ1n) is 11.0. The molecule has 0 spiro atoms. The molecule has 0 aromatic heterocycles. The average molecular weight is 472 g/mol. The van der Waals surface area contributed by atoms with Gasteiger partial charge in [-0.3, -0.25) is 4.79 Å². The Kier molecular flexibility index (Phi) is 6.62. The zero-order chi connectivity index (χ0) is 22.9. The molecule has 1 amide bonds. The molecule has 2 fully saturated rings. The topological polar surface area (TPSA) is 70.0 Å². The molecule has 170 valence electrons. The van der Waals surface area contributed by atoms with Gasteiger partial charge >= 0.3 is 0 Å². The molecule has 2 atom stereocenters. The molecule has 0 aliphatic carbocycles. The Labute approximate surface area is 194 Å². The number of sulfone groups is 1. The van der Waals surface area contributed by atoms with E-state index in [4.69, 9.17) is 0 Å². The van der Waals surface area contributed by atoms with Crippen LogP contribution >= 0.6 is 11.8 Å². The highest BCUT2D eigenvalue weighted by molar-refractivity contribution is 8.16. The Morgan fingerprint density at radius 2 is 1.84 bits per heavy atom. The third-order valence-corrected chi connectivity index (χ3v) is 9.26. The van der Waals surface area contributed by atoms with Crippen molar-refractivity contribution in [3.63, 3.8) is 0 Å². The number of nitrogens with zero attached hydrogens (tertiary/aromatic N) is 3. The zero-order valence-corrected chi connectivity index (χ0v) is 20.3. The fourth-order valence-electron chi connectivity index (χ4n) is 4.46. The van der Waals surface area contributed by atoms with Crippen LogP contribution in [0.3, 0.4) is 0 Å². The SMILES string of the molecule is CCN(CC)c1ccc(N2C(=NC(=O)Cc3ccccc3)S[C@@H]3CS(=O)(=O)C[C@@H]32)c(C)c1. The van der Waals surface area contributed by atoms with Crippen LogP contribution in [-0.2, 0) is 21.1 Å². The average Bonchev–Trinajstić information content (AvgIpc) is 3.21. The van der Waals surface area contributed by atoms with Gasteiger partial charge in [0.15, 0.2) is 15.0 Å². The zero-order valence-electron chi connectivity index (χ0n) is 18.7. The lowest BCUT2D eigenvalue weighted by molar-refractivity contribution is -0.117. The summed E-state index contributed by atoms with van der Waals surface area (Å²) in [6.45, 7) is 8.12. The lowest BCUT2D eigenvalue weighted by Gasteiger charge is -2.28. The van der Waals surface area contributed by atoms with Crippen molar-refractivity contribution in [2.45, 2.75) is 38.5 Å². The predicted molar refractivity (Wildman–Crippen MR) is 134 cm³/mol. The van der Waals surface area contributed by atoms with Crippen LogP contribution in [0, 0.1) is 6.92 Å². The number of amides is 1. The van der Waals surface area contributed by atoms with E-state index >= 15 is 0 Å². The molecule has 8 heteroatoms.